The summed E-state index contributed by atoms with van der Waals surface area (Å²) in [7, 11) is -1.89. The van der Waals surface area contributed by atoms with Gasteiger partial charge in [-0.05, 0) is 40.7 Å². The lowest BCUT2D eigenvalue weighted by Gasteiger charge is -2.45. The second-order valence-corrected chi connectivity index (χ2v) is 8.79. The monoisotopic (exact) mass is 334 g/mol. The Morgan fingerprint density at radius 1 is 1.23 bits per heavy atom. The van der Waals surface area contributed by atoms with Crippen molar-refractivity contribution in [2.45, 2.75) is 69.9 Å². The van der Waals surface area contributed by atoms with Gasteiger partial charge in [-0.25, -0.2) is 8.98 Å². The Morgan fingerprint density at radius 2 is 1.73 bits per heavy atom. The van der Waals surface area contributed by atoms with Gasteiger partial charge in [-0.2, -0.15) is 8.42 Å². The molecular formula is C14H26N2O5S. The zero-order chi connectivity index (χ0) is 16.8. The van der Waals surface area contributed by atoms with Crippen LogP contribution in [0, 0.1) is 0 Å². The van der Waals surface area contributed by atoms with Crippen molar-refractivity contribution >= 4 is 16.2 Å². The summed E-state index contributed by atoms with van der Waals surface area (Å²) in [6.07, 6.45) is 3.26. The molecule has 1 N–H and O–H groups in total. The lowest BCUT2D eigenvalue weighted by Crippen LogP contribution is -2.60. The van der Waals surface area contributed by atoms with E-state index in [4.69, 9.17) is 8.92 Å². The summed E-state index contributed by atoms with van der Waals surface area (Å²) in [5, 5.41) is 3.00. The summed E-state index contributed by atoms with van der Waals surface area (Å²) in [6.45, 7) is 5.50. The molecule has 0 spiro atoms. The molecule has 0 aromatic carbocycles. The first-order valence-corrected chi connectivity index (χ1v) is 9.37. The summed E-state index contributed by atoms with van der Waals surface area (Å²) in [5.41, 5.74) is -1.48. The van der Waals surface area contributed by atoms with Crippen LogP contribution in [0.15, 0.2) is 0 Å². The van der Waals surface area contributed by atoms with Gasteiger partial charge in [0.05, 0.1) is 6.26 Å². The van der Waals surface area contributed by atoms with E-state index in [2.05, 4.69) is 5.32 Å². The van der Waals surface area contributed by atoms with Gasteiger partial charge in [-0.1, -0.05) is 0 Å². The molecule has 0 aliphatic carbocycles. The minimum atomic E-state index is -3.58. The average Bonchev–Trinajstić information content (AvgIpc) is 2.58. The Hall–Kier alpha value is -0.860. The first kappa shape index (κ1) is 17.5. The quantitative estimate of drug-likeness (QED) is 0.621. The van der Waals surface area contributed by atoms with Gasteiger partial charge in [0.25, 0.3) is 10.1 Å². The number of carbonyl (C=O) groups is 1. The number of hydrogen-bond donors (Lipinski definition) is 1. The first-order valence-electron chi connectivity index (χ1n) is 7.55. The van der Waals surface area contributed by atoms with Crippen molar-refractivity contribution in [3.8, 4) is 0 Å². The lowest BCUT2D eigenvalue weighted by atomic mass is 9.94. The van der Waals surface area contributed by atoms with Crippen LogP contribution < -0.4 is 5.32 Å². The van der Waals surface area contributed by atoms with Crippen LogP contribution in [0.5, 0.6) is 0 Å². The summed E-state index contributed by atoms with van der Waals surface area (Å²) in [5.74, 6) is 0. The molecule has 2 fully saturated rings. The van der Waals surface area contributed by atoms with Gasteiger partial charge in [-0.3, -0.25) is 5.32 Å². The summed E-state index contributed by atoms with van der Waals surface area (Å²) < 4.78 is 33.8. The second kappa shape index (κ2) is 5.65. The maximum atomic E-state index is 12.4. The molecule has 1 amide bonds. The van der Waals surface area contributed by atoms with Crippen LogP contribution in [0.1, 0.15) is 46.5 Å². The van der Waals surface area contributed by atoms with E-state index < -0.39 is 21.4 Å². The van der Waals surface area contributed by atoms with Crippen molar-refractivity contribution in [2.24, 2.45) is 0 Å². The van der Waals surface area contributed by atoms with Crippen LogP contribution in [0.25, 0.3) is 0 Å². The molecule has 22 heavy (non-hydrogen) atoms. The Balaban J connectivity index is 2.16. The smallest absolute Gasteiger partial charge is 0.410 e. The van der Waals surface area contributed by atoms with Gasteiger partial charge < -0.3 is 9.64 Å². The molecule has 0 aromatic heterocycles. The van der Waals surface area contributed by atoms with Crippen LogP contribution in [-0.4, -0.2) is 56.1 Å². The predicted octanol–water partition coefficient (Wildman–Crippen LogP) is 1.44. The third-order valence-corrected chi connectivity index (χ3v) is 4.74. The van der Waals surface area contributed by atoms with Gasteiger partial charge in [0.1, 0.15) is 11.3 Å². The Kier molecular flexibility index (Phi) is 4.49. The summed E-state index contributed by atoms with van der Waals surface area (Å²) in [4.78, 5) is 14.1. The molecular weight excluding hydrogens is 308 g/mol. The normalized spacial score (nSPS) is 32.1. The molecule has 8 heteroatoms. The van der Waals surface area contributed by atoms with E-state index >= 15 is 0 Å². The number of nitrogens with one attached hydrogen (secondary N) is 1. The Morgan fingerprint density at radius 3 is 2.09 bits per heavy atom. The van der Waals surface area contributed by atoms with E-state index in [0.29, 0.717) is 12.8 Å². The van der Waals surface area contributed by atoms with Gasteiger partial charge >= 0.3 is 6.09 Å². The third-order valence-electron chi connectivity index (χ3n) is 4.12. The van der Waals surface area contributed by atoms with E-state index in [0.717, 1.165) is 19.1 Å². The van der Waals surface area contributed by atoms with Crippen molar-refractivity contribution in [2.75, 3.05) is 13.3 Å². The topological polar surface area (TPSA) is 84.9 Å². The number of nitrogens with zero attached hydrogens (tertiary/aromatic N) is 1. The molecule has 7 nitrogen and oxygen atoms in total. The molecule has 2 aliphatic heterocycles. The fraction of sp³-hybridized carbons (Fsp3) is 0.929. The average molecular weight is 334 g/mol. The van der Waals surface area contributed by atoms with E-state index in [9.17, 15) is 13.2 Å². The number of fused-ring (bicyclic) bond motifs is 2. The Labute approximate surface area is 132 Å². The zero-order valence-electron chi connectivity index (χ0n) is 13.9. The van der Waals surface area contributed by atoms with Crippen molar-refractivity contribution in [1.82, 2.24) is 10.2 Å². The minimum absolute atomic E-state index is 0.0669. The maximum Gasteiger partial charge on any atom is 0.410 e. The number of hydrogen-bond acceptors (Lipinski definition) is 6. The molecule has 0 aromatic rings. The zero-order valence-corrected chi connectivity index (χ0v) is 14.7. The molecule has 128 valence electrons. The fourth-order valence-corrected chi connectivity index (χ4v) is 4.22. The highest BCUT2D eigenvalue weighted by atomic mass is 32.2. The highest BCUT2D eigenvalue weighted by Gasteiger charge is 2.52. The first-order chi connectivity index (χ1) is 9.95. The lowest BCUT2D eigenvalue weighted by molar-refractivity contribution is -0.0541. The molecule has 2 saturated heterocycles. The van der Waals surface area contributed by atoms with Crippen LogP contribution >= 0.6 is 0 Å². The molecule has 0 radical (unpaired) electrons. The van der Waals surface area contributed by atoms with Crippen LogP contribution in [0.4, 0.5) is 4.79 Å². The van der Waals surface area contributed by atoms with Crippen molar-refractivity contribution in [1.29, 1.82) is 0 Å². The minimum Gasteiger partial charge on any atom is -0.444 e. The molecule has 2 rings (SSSR count). The van der Waals surface area contributed by atoms with E-state index in [-0.39, 0.29) is 18.2 Å². The van der Waals surface area contributed by atoms with Crippen LogP contribution in [-0.2, 0) is 19.0 Å². The van der Waals surface area contributed by atoms with Crippen molar-refractivity contribution in [3.63, 3.8) is 0 Å². The number of ether oxygens (including phenoxy) is 1. The Bertz CT molecular complexity index is 526. The SMILES string of the molecule is CNC1(OS(C)(=O)=O)CC2CCC(C1)N2C(=O)OC(C)(C)C. The van der Waals surface area contributed by atoms with Gasteiger partial charge in [-0.15, -0.1) is 0 Å². The van der Waals surface area contributed by atoms with Gasteiger partial charge in [0.2, 0.25) is 0 Å². The standard InChI is InChI=1S/C14H26N2O5S/c1-13(2,3)20-12(17)16-10-6-7-11(16)9-14(8-10,15-4)21-22(5,18)19/h10-11,15H,6-9H2,1-5H3. The number of rotatable bonds is 3. The third kappa shape index (κ3) is 3.91. The number of piperidine rings is 1. The highest BCUT2D eigenvalue weighted by Crippen LogP contribution is 2.42. The second-order valence-electron chi connectivity index (χ2n) is 7.21. The van der Waals surface area contributed by atoms with Crippen LogP contribution in [0.3, 0.4) is 0 Å². The molecule has 2 atom stereocenters. The van der Waals surface area contributed by atoms with Gasteiger partial charge in [0.15, 0.2) is 0 Å². The largest absolute Gasteiger partial charge is 0.444 e. The number of carbonyl (C=O) groups excluding carboxylic acids is 1. The summed E-state index contributed by atoms with van der Waals surface area (Å²) in [6, 6.07) is -0.134. The number of amides is 1. The molecule has 2 bridgehead atoms. The maximum absolute atomic E-state index is 12.4. The van der Waals surface area contributed by atoms with Crippen molar-refractivity contribution in [3.05, 3.63) is 0 Å². The van der Waals surface area contributed by atoms with E-state index in [1.165, 1.54) is 0 Å². The van der Waals surface area contributed by atoms with Crippen molar-refractivity contribution < 1.29 is 22.1 Å². The molecule has 2 unspecified atom stereocenters. The fourth-order valence-electron chi connectivity index (χ4n) is 3.42. The molecule has 0 saturated carbocycles. The molecule has 2 aliphatic rings. The highest BCUT2D eigenvalue weighted by molar-refractivity contribution is 7.86. The van der Waals surface area contributed by atoms with E-state index in [1.807, 2.05) is 20.8 Å². The summed E-state index contributed by atoms with van der Waals surface area (Å²) >= 11 is 0. The molecule has 2 heterocycles. The van der Waals surface area contributed by atoms with E-state index in [1.54, 1.807) is 11.9 Å². The van der Waals surface area contributed by atoms with Gasteiger partial charge in [0, 0.05) is 24.9 Å². The van der Waals surface area contributed by atoms with Crippen LogP contribution in [0.2, 0.25) is 0 Å². The predicted molar refractivity (Wildman–Crippen MR) is 81.8 cm³/mol.